The van der Waals surface area contributed by atoms with E-state index in [4.69, 9.17) is 0 Å². The van der Waals surface area contributed by atoms with E-state index in [1.807, 2.05) is 24.0 Å². The Bertz CT molecular complexity index is 575. The maximum absolute atomic E-state index is 12.8. The van der Waals surface area contributed by atoms with Crippen LogP contribution in [0.25, 0.3) is 0 Å². The van der Waals surface area contributed by atoms with Crippen LogP contribution in [0.3, 0.4) is 0 Å². The molecule has 5 heteroatoms. The molecule has 0 radical (unpaired) electrons. The lowest BCUT2D eigenvalue weighted by Gasteiger charge is -2.40. The zero-order chi connectivity index (χ0) is 14.1. The van der Waals surface area contributed by atoms with Gasteiger partial charge in [0.05, 0.1) is 18.3 Å². The van der Waals surface area contributed by atoms with Gasteiger partial charge in [-0.3, -0.25) is 9.58 Å². The van der Waals surface area contributed by atoms with Gasteiger partial charge in [0.1, 0.15) is 5.82 Å². The average molecular weight is 275 g/mol. The molecule has 2 aromatic rings. The molecule has 1 fully saturated rings. The molecular weight excluding hydrogens is 257 g/mol. The molecule has 0 unspecified atom stereocenters. The molecule has 0 saturated carbocycles. The van der Waals surface area contributed by atoms with Gasteiger partial charge in [-0.05, 0) is 30.2 Å². The monoisotopic (exact) mass is 275 g/mol. The summed E-state index contributed by atoms with van der Waals surface area (Å²) in [5.41, 5.74) is 1.92. The minimum absolute atomic E-state index is 0.279. The molecule has 1 aliphatic heterocycles. The molecule has 0 aliphatic carbocycles. The number of likely N-dealkylation sites (tertiary alicyclic amines) is 1. The first-order chi connectivity index (χ1) is 9.61. The summed E-state index contributed by atoms with van der Waals surface area (Å²) >= 11 is 0. The first-order valence-electron chi connectivity index (χ1n) is 6.78. The highest BCUT2D eigenvalue weighted by atomic mass is 19.1. The van der Waals surface area contributed by atoms with Crippen LogP contribution in [0, 0.1) is 12.7 Å². The number of hydrogen-bond donors (Lipinski definition) is 1. The van der Waals surface area contributed by atoms with Crippen LogP contribution in [0.4, 0.5) is 4.39 Å². The highest BCUT2D eigenvalue weighted by molar-refractivity contribution is 5.19. The second-order valence-electron chi connectivity index (χ2n) is 5.44. The number of nitrogens with zero attached hydrogens (tertiary/aromatic N) is 3. The van der Waals surface area contributed by atoms with E-state index in [0.29, 0.717) is 12.6 Å². The number of benzene rings is 1. The molecule has 3 rings (SSSR count). The van der Waals surface area contributed by atoms with E-state index in [2.05, 4.69) is 10.00 Å². The van der Waals surface area contributed by atoms with Crippen molar-refractivity contribution >= 4 is 0 Å². The van der Waals surface area contributed by atoms with Crippen LogP contribution in [-0.2, 0) is 0 Å². The molecule has 1 N–H and O–H groups in total. The van der Waals surface area contributed by atoms with Gasteiger partial charge in [0.15, 0.2) is 0 Å². The Morgan fingerprint density at radius 1 is 1.35 bits per heavy atom. The van der Waals surface area contributed by atoms with Gasteiger partial charge in [-0.25, -0.2) is 4.39 Å². The summed E-state index contributed by atoms with van der Waals surface area (Å²) in [4.78, 5) is 2.18. The number of aliphatic hydroxyl groups excluding tert-OH is 1. The van der Waals surface area contributed by atoms with Crippen LogP contribution >= 0.6 is 0 Å². The Kier molecular flexibility index (Phi) is 3.54. The molecule has 106 valence electrons. The molecule has 1 aliphatic rings. The minimum Gasteiger partial charge on any atom is -0.387 e. The molecule has 0 spiro atoms. The first kappa shape index (κ1) is 13.3. The number of hydrogen-bond acceptors (Lipinski definition) is 3. The van der Waals surface area contributed by atoms with Crippen molar-refractivity contribution in [1.29, 1.82) is 0 Å². The van der Waals surface area contributed by atoms with Crippen LogP contribution in [0.1, 0.15) is 23.3 Å². The Balaban J connectivity index is 1.52. The number of β-amino-alcohol motifs (C(OH)–C–C–N with tert-alkyl or cyclic N) is 1. The number of halogens is 1. The SMILES string of the molecule is Cc1cnn(C2CN(C[C@H](O)c3ccc(F)cc3)C2)c1. The molecule has 0 bridgehead atoms. The van der Waals surface area contributed by atoms with Crippen molar-refractivity contribution in [3.63, 3.8) is 0 Å². The number of aromatic nitrogens is 2. The minimum atomic E-state index is -0.573. The normalized spacial score (nSPS) is 17.9. The second kappa shape index (κ2) is 5.34. The highest BCUT2D eigenvalue weighted by Gasteiger charge is 2.30. The van der Waals surface area contributed by atoms with Gasteiger partial charge < -0.3 is 5.11 Å². The van der Waals surface area contributed by atoms with Gasteiger partial charge in [-0.2, -0.15) is 5.10 Å². The van der Waals surface area contributed by atoms with Gasteiger partial charge >= 0.3 is 0 Å². The summed E-state index contributed by atoms with van der Waals surface area (Å²) in [6, 6.07) is 6.42. The maximum atomic E-state index is 12.8. The van der Waals surface area contributed by atoms with E-state index in [0.717, 1.165) is 24.2 Å². The standard InChI is InChI=1S/C15H18FN3O/c1-11-6-17-19(7-11)14-8-18(9-14)10-15(20)12-2-4-13(16)5-3-12/h2-7,14-15,20H,8-10H2,1H3/t15-/m0/s1. The Morgan fingerprint density at radius 3 is 2.65 bits per heavy atom. The molecular formula is C15H18FN3O. The highest BCUT2D eigenvalue weighted by Crippen LogP contribution is 2.24. The van der Waals surface area contributed by atoms with Crippen LogP contribution < -0.4 is 0 Å². The van der Waals surface area contributed by atoms with Gasteiger partial charge in [-0.15, -0.1) is 0 Å². The fraction of sp³-hybridized carbons (Fsp3) is 0.400. The summed E-state index contributed by atoms with van der Waals surface area (Å²) in [7, 11) is 0. The van der Waals surface area contributed by atoms with Crippen molar-refractivity contribution in [2.75, 3.05) is 19.6 Å². The summed E-state index contributed by atoms with van der Waals surface area (Å²) in [6.45, 7) is 4.37. The molecule has 2 heterocycles. The predicted molar refractivity (Wildman–Crippen MR) is 73.8 cm³/mol. The van der Waals surface area contributed by atoms with Crippen LogP contribution in [0.2, 0.25) is 0 Å². The zero-order valence-electron chi connectivity index (χ0n) is 11.4. The summed E-state index contributed by atoms with van der Waals surface area (Å²) in [5, 5.41) is 14.4. The Labute approximate surface area is 117 Å². The lowest BCUT2D eigenvalue weighted by molar-refractivity contribution is 0.0401. The molecule has 20 heavy (non-hydrogen) atoms. The zero-order valence-corrected chi connectivity index (χ0v) is 11.4. The summed E-state index contributed by atoms with van der Waals surface area (Å²) < 4.78 is 14.8. The van der Waals surface area contributed by atoms with Gasteiger partial charge in [-0.1, -0.05) is 12.1 Å². The maximum Gasteiger partial charge on any atom is 0.123 e. The van der Waals surface area contributed by atoms with Crippen molar-refractivity contribution in [3.8, 4) is 0 Å². The summed E-state index contributed by atoms with van der Waals surface area (Å²) in [5.74, 6) is -0.279. The van der Waals surface area contributed by atoms with Crippen LogP contribution in [0.5, 0.6) is 0 Å². The topological polar surface area (TPSA) is 41.3 Å². The molecule has 1 aromatic heterocycles. The Morgan fingerprint density at radius 2 is 2.05 bits per heavy atom. The van der Waals surface area contributed by atoms with E-state index >= 15 is 0 Å². The lowest BCUT2D eigenvalue weighted by Crippen LogP contribution is -2.49. The van der Waals surface area contributed by atoms with Gasteiger partial charge in [0.2, 0.25) is 0 Å². The smallest absolute Gasteiger partial charge is 0.123 e. The number of aryl methyl sites for hydroxylation is 1. The second-order valence-corrected chi connectivity index (χ2v) is 5.44. The summed E-state index contributed by atoms with van der Waals surface area (Å²) in [6.07, 6.45) is 3.32. The van der Waals surface area contributed by atoms with Crippen molar-refractivity contribution in [3.05, 3.63) is 53.6 Å². The number of aliphatic hydroxyl groups is 1. The van der Waals surface area contributed by atoms with Gasteiger partial charge in [0, 0.05) is 25.8 Å². The van der Waals surface area contributed by atoms with Crippen molar-refractivity contribution in [1.82, 2.24) is 14.7 Å². The van der Waals surface area contributed by atoms with Crippen molar-refractivity contribution in [2.45, 2.75) is 19.1 Å². The third kappa shape index (κ3) is 2.73. The quantitative estimate of drug-likeness (QED) is 0.927. The first-order valence-corrected chi connectivity index (χ1v) is 6.78. The van der Waals surface area contributed by atoms with E-state index in [1.54, 1.807) is 12.1 Å². The molecule has 1 saturated heterocycles. The van der Waals surface area contributed by atoms with E-state index in [-0.39, 0.29) is 5.82 Å². The number of rotatable bonds is 4. The fourth-order valence-corrected chi connectivity index (χ4v) is 2.53. The van der Waals surface area contributed by atoms with Crippen molar-refractivity contribution in [2.24, 2.45) is 0 Å². The third-order valence-corrected chi connectivity index (χ3v) is 3.73. The largest absolute Gasteiger partial charge is 0.387 e. The van der Waals surface area contributed by atoms with Crippen molar-refractivity contribution < 1.29 is 9.50 Å². The fourth-order valence-electron chi connectivity index (χ4n) is 2.53. The van der Waals surface area contributed by atoms with Crippen LogP contribution in [-0.4, -0.2) is 39.4 Å². The predicted octanol–water partition coefficient (Wildman–Crippen LogP) is 1.92. The van der Waals surface area contributed by atoms with E-state index in [1.165, 1.54) is 12.1 Å². The van der Waals surface area contributed by atoms with E-state index in [9.17, 15) is 9.50 Å². The lowest BCUT2D eigenvalue weighted by atomic mass is 10.0. The molecule has 1 atom stereocenters. The van der Waals surface area contributed by atoms with Gasteiger partial charge in [0.25, 0.3) is 0 Å². The Hall–Kier alpha value is -1.72. The third-order valence-electron chi connectivity index (χ3n) is 3.73. The van der Waals surface area contributed by atoms with E-state index < -0.39 is 6.10 Å². The van der Waals surface area contributed by atoms with Crippen LogP contribution in [0.15, 0.2) is 36.7 Å². The molecule has 0 amide bonds. The molecule has 4 nitrogen and oxygen atoms in total. The average Bonchev–Trinajstić information content (AvgIpc) is 2.80. The molecule has 1 aromatic carbocycles.